The number of carboxylic acids is 1. The zero-order chi connectivity index (χ0) is 22.7. The molecule has 0 bridgehead atoms. The number of ether oxygens (including phenoxy) is 1. The number of rotatable bonds is 6. The van der Waals surface area contributed by atoms with Crippen molar-refractivity contribution in [2.24, 2.45) is 0 Å². The highest BCUT2D eigenvalue weighted by molar-refractivity contribution is 5.98. The van der Waals surface area contributed by atoms with E-state index in [1.807, 2.05) is 30.3 Å². The van der Waals surface area contributed by atoms with Gasteiger partial charge in [0.2, 0.25) is 0 Å². The van der Waals surface area contributed by atoms with E-state index >= 15 is 0 Å². The molecule has 32 heavy (non-hydrogen) atoms. The van der Waals surface area contributed by atoms with Gasteiger partial charge < -0.3 is 20.1 Å². The monoisotopic (exact) mass is 428 g/mol. The fraction of sp³-hybridized carbons (Fsp3) is 0.0769. The molecular weight excluding hydrogens is 408 g/mol. The average Bonchev–Trinajstić information content (AvgIpc) is 2.81. The molecule has 0 radical (unpaired) electrons. The zero-order valence-electron chi connectivity index (χ0n) is 17.0. The van der Waals surface area contributed by atoms with Crippen molar-refractivity contribution < 1.29 is 29.6 Å². The van der Waals surface area contributed by atoms with Gasteiger partial charge in [-0.15, -0.1) is 0 Å². The van der Waals surface area contributed by atoms with Gasteiger partial charge in [-0.1, -0.05) is 48.5 Å². The minimum absolute atomic E-state index is 0.0864. The maximum absolute atomic E-state index is 12.5. The van der Waals surface area contributed by atoms with E-state index in [1.165, 1.54) is 24.3 Å². The minimum Gasteiger partial charge on any atom is -0.507 e. The van der Waals surface area contributed by atoms with Crippen LogP contribution in [0.5, 0.6) is 11.5 Å². The molecule has 0 heterocycles. The van der Waals surface area contributed by atoms with Gasteiger partial charge in [-0.05, 0) is 46.8 Å². The van der Waals surface area contributed by atoms with Crippen LogP contribution in [0, 0.1) is 0 Å². The molecule has 0 amide bonds. The summed E-state index contributed by atoms with van der Waals surface area (Å²) in [6, 6.07) is 21.8. The Hall–Kier alpha value is -4.32. The number of esters is 1. The Bertz CT molecular complexity index is 1290. The topological polar surface area (TPSA) is 104 Å². The number of phenolic OH excluding ortho intramolecular Hbond substituents is 2. The first-order valence-corrected chi connectivity index (χ1v) is 9.93. The van der Waals surface area contributed by atoms with Gasteiger partial charge >= 0.3 is 11.9 Å². The Labute approximate surface area is 184 Å². The van der Waals surface area contributed by atoms with Crippen LogP contribution < -0.4 is 0 Å². The van der Waals surface area contributed by atoms with Crippen molar-refractivity contribution >= 4 is 22.7 Å². The molecule has 6 heteroatoms. The maximum Gasteiger partial charge on any atom is 0.338 e. The largest absolute Gasteiger partial charge is 0.507 e. The van der Waals surface area contributed by atoms with Crippen molar-refractivity contribution in [3.63, 3.8) is 0 Å². The normalized spacial score (nSPS) is 10.8. The fourth-order valence-electron chi connectivity index (χ4n) is 3.48. The van der Waals surface area contributed by atoms with E-state index in [0.29, 0.717) is 10.8 Å². The van der Waals surface area contributed by atoms with E-state index < -0.39 is 11.9 Å². The lowest BCUT2D eigenvalue weighted by Crippen LogP contribution is -2.05. The number of carboxylic acid groups (broad SMARTS) is 1. The van der Waals surface area contributed by atoms with Crippen molar-refractivity contribution in [1.82, 2.24) is 0 Å². The summed E-state index contributed by atoms with van der Waals surface area (Å²) in [7, 11) is 0. The van der Waals surface area contributed by atoms with E-state index in [2.05, 4.69) is 0 Å². The highest BCUT2D eigenvalue weighted by Gasteiger charge is 2.16. The minimum atomic E-state index is -1.03. The summed E-state index contributed by atoms with van der Waals surface area (Å²) >= 11 is 0. The van der Waals surface area contributed by atoms with Crippen LogP contribution >= 0.6 is 0 Å². The molecule has 4 aromatic carbocycles. The van der Waals surface area contributed by atoms with Gasteiger partial charge in [0.05, 0.1) is 11.1 Å². The third kappa shape index (κ3) is 4.39. The molecule has 3 N–H and O–H groups in total. The molecule has 0 fully saturated rings. The van der Waals surface area contributed by atoms with Crippen molar-refractivity contribution in [2.45, 2.75) is 13.0 Å². The second-order valence-electron chi connectivity index (χ2n) is 7.40. The molecule has 4 rings (SSSR count). The molecule has 0 spiro atoms. The van der Waals surface area contributed by atoms with Gasteiger partial charge in [-0.2, -0.15) is 0 Å². The summed E-state index contributed by atoms with van der Waals surface area (Å²) in [5, 5.41) is 31.3. The molecule has 6 nitrogen and oxygen atoms in total. The van der Waals surface area contributed by atoms with E-state index in [1.54, 1.807) is 24.3 Å². The van der Waals surface area contributed by atoms with E-state index in [-0.39, 0.29) is 41.2 Å². The zero-order valence-corrected chi connectivity index (χ0v) is 17.0. The summed E-state index contributed by atoms with van der Waals surface area (Å²) < 4.78 is 5.37. The summed E-state index contributed by atoms with van der Waals surface area (Å²) in [6.07, 6.45) is 0.191. The van der Waals surface area contributed by atoms with Gasteiger partial charge in [-0.3, -0.25) is 0 Å². The molecule has 0 saturated carbocycles. The Morgan fingerprint density at radius 2 is 1.47 bits per heavy atom. The molecule has 0 saturated heterocycles. The third-order valence-electron chi connectivity index (χ3n) is 5.23. The molecule has 4 aromatic rings. The SMILES string of the molecule is O=C(O)c1ccc(Cc2c(O)cc3ccc(C(=O)OCc4ccccc4)cc3c2O)cc1. The van der Waals surface area contributed by atoms with Crippen molar-refractivity contribution in [1.29, 1.82) is 0 Å². The third-order valence-corrected chi connectivity index (χ3v) is 5.23. The number of hydrogen-bond donors (Lipinski definition) is 3. The molecule has 160 valence electrons. The number of hydrogen-bond acceptors (Lipinski definition) is 5. The number of aromatic hydroxyl groups is 2. The molecule has 0 unspecified atom stereocenters. The Kier molecular flexibility index (Phi) is 5.77. The molecule has 0 aromatic heterocycles. The second kappa shape index (κ2) is 8.81. The van der Waals surface area contributed by atoms with Crippen molar-refractivity contribution in [3.8, 4) is 11.5 Å². The van der Waals surface area contributed by atoms with Gasteiger partial charge in [-0.25, -0.2) is 9.59 Å². The lowest BCUT2D eigenvalue weighted by atomic mass is 9.97. The van der Waals surface area contributed by atoms with Crippen LogP contribution in [0.2, 0.25) is 0 Å². The molecule has 0 aliphatic carbocycles. The number of phenols is 2. The first-order valence-electron chi connectivity index (χ1n) is 9.93. The first-order chi connectivity index (χ1) is 15.4. The van der Waals surface area contributed by atoms with Crippen LogP contribution in [-0.4, -0.2) is 27.3 Å². The van der Waals surface area contributed by atoms with Crippen LogP contribution in [0.3, 0.4) is 0 Å². The fourth-order valence-corrected chi connectivity index (χ4v) is 3.48. The van der Waals surface area contributed by atoms with Crippen LogP contribution in [0.25, 0.3) is 10.8 Å². The summed E-state index contributed by atoms with van der Waals surface area (Å²) in [5.41, 5.74) is 2.31. The number of carbonyl (C=O) groups excluding carboxylic acids is 1. The predicted molar refractivity (Wildman–Crippen MR) is 119 cm³/mol. The van der Waals surface area contributed by atoms with E-state index in [9.17, 15) is 19.8 Å². The standard InChI is InChI=1S/C26H20O6/c27-23-14-19-10-11-20(26(31)32-15-17-4-2-1-3-5-17)13-21(19)24(28)22(23)12-16-6-8-18(9-7-16)25(29)30/h1-11,13-14,27-28H,12,15H2,(H,29,30). The molecule has 0 atom stereocenters. The lowest BCUT2D eigenvalue weighted by Gasteiger charge is -2.12. The molecule has 0 aliphatic heterocycles. The van der Waals surface area contributed by atoms with Crippen molar-refractivity contribution in [3.05, 3.63) is 107 Å². The second-order valence-corrected chi connectivity index (χ2v) is 7.40. The number of carbonyl (C=O) groups is 2. The number of benzene rings is 4. The van der Waals surface area contributed by atoms with E-state index in [4.69, 9.17) is 9.84 Å². The van der Waals surface area contributed by atoms with Gasteiger partial charge in [0, 0.05) is 17.4 Å². The smallest absolute Gasteiger partial charge is 0.338 e. The number of fused-ring (bicyclic) bond motifs is 1. The summed E-state index contributed by atoms with van der Waals surface area (Å²) in [4.78, 5) is 23.5. The van der Waals surface area contributed by atoms with Crippen LogP contribution in [-0.2, 0) is 17.8 Å². The Morgan fingerprint density at radius 3 is 2.16 bits per heavy atom. The van der Waals surface area contributed by atoms with Gasteiger partial charge in [0.15, 0.2) is 0 Å². The highest BCUT2D eigenvalue weighted by atomic mass is 16.5. The lowest BCUT2D eigenvalue weighted by molar-refractivity contribution is 0.0472. The van der Waals surface area contributed by atoms with Gasteiger partial charge in [0.25, 0.3) is 0 Å². The van der Waals surface area contributed by atoms with Gasteiger partial charge in [0.1, 0.15) is 18.1 Å². The summed E-state index contributed by atoms with van der Waals surface area (Å²) in [5.74, 6) is -1.77. The predicted octanol–water partition coefficient (Wildman–Crippen LogP) is 4.90. The highest BCUT2D eigenvalue weighted by Crippen LogP contribution is 2.37. The number of aromatic carboxylic acids is 1. The van der Waals surface area contributed by atoms with Crippen LogP contribution in [0.1, 0.15) is 37.4 Å². The van der Waals surface area contributed by atoms with Crippen molar-refractivity contribution in [2.75, 3.05) is 0 Å². The molecule has 0 aliphatic rings. The Balaban J connectivity index is 1.61. The maximum atomic E-state index is 12.5. The van der Waals surface area contributed by atoms with E-state index in [0.717, 1.165) is 11.1 Å². The quantitative estimate of drug-likeness (QED) is 0.378. The first kappa shape index (κ1) is 20.9. The summed E-state index contributed by atoms with van der Waals surface area (Å²) in [6.45, 7) is 0.136. The van der Waals surface area contributed by atoms with Crippen LogP contribution in [0.4, 0.5) is 0 Å². The average molecular weight is 428 g/mol. The van der Waals surface area contributed by atoms with Crippen LogP contribution in [0.15, 0.2) is 78.9 Å². The Morgan fingerprint density at radius 1 is 0.781 bits per heavy atom. The molecular formula is C26H20O6.